The first-order chi connectivity index (χ1) is 17.4. The standard InChI is InChI=1S/C29H34ClN3O3/c1-20-18-26(10-14-31-20)33-15-11-23(12-16-33)21(2)32-29(34)24-6-9-27(35-3)28(19-24)36-17-13-22-4-7-25(30)8-5-22/h4-10,14,18-19,21,23H,11-13,15-17H2,1-3H3,(H,32,34)/t21-/m0/s1. The number of aryl methyl sites for hydroxylation is 1. The van der Waals surface area contributed by atoms with Gasteiger partial charge in [-0.15, -0.1) is 0 Å². The highest BCUT2D eigenvalue weighted by atomic mass is 35.5. The van der Waals surface area contributed by atoms with E-state index in [1.54, 1.807) is 25.3 Å². The highest BCUT2D eigenvalue weighted by Crippen LogP contribution is 2.29. The molecule has 36 heavy (non-hydrogen) atoms. The van der Waals surface area contributed by atoms with Crippen LogP contribution in [0, 0.1) is 12.8 Å². The minimum Gasteiger partial charge on any atom is -0.493 e. The van der Waals surface area contributed by atoms with E-state index in [1.807, 2.05) is 37.4 Å². The zero-order valence-electron chi connectivity index (χ0n) is 21.2. The lowest BCUT2D eigenvalue weighted by atomic mass is 9.90. The predicted octanol–water partition coefficient (Wildman–Crippen LogP) is 5.71. The maximum absolute atomic E-state index is 13.1. The van der Waals surface area contributed by atoms with E-state index in [-0.39, 0.29) is 11.9 Å². The summed E-state index contributed by atoms with van der Waals surface area (Å²) in [7, 11) is 1.60. The molecule has 1 N–H and O–H groups in total. The number of halogens is 1. The average molecular weight is 508 g/mol. The summed E-state index contributed by atoms with van der Waals surface area (Å²) < 4.78 is 11.4. The first-order valence-corrected chi connectivity index (χ1v) is 12.8. The van der Waals surface area contributed by atoms with Crippen molar-refractivity contribution in [1.82, 2.24) is 10.3 Å². The van der Waals surface area contributed by atoms with Gasteiger partial charge < -0.3 is 19.7 Å². The number of piperidine rings is 1. The molecule has 1 saturated heterocycles. The summed E-state index contributed by atoms with van der Waals surface area (Å²) >= 11 is 5.96. The first kappa shape index (κ1) is 25.8. The fourth-order valence-corrected chi connectivity index (χ4v) is 4.78. The number of pyridine rings is 1. The summed E-state index contributed by atoms with van der Waals surface area (Å²) in [6, 6.07) is 17.3. The summed E-state index contributed by atoms with van der Waals surface area (Å²) in [6.45, 7) is 6.53. The van der Waals surface area contributed by atoms with E-state index in [0.717, 1.165) is 43.6 Å². The molecule has 190 valence electrons. The minimum absolute atomic E-state index is 0.0789. The van der Waals surface area contributed by atoms with Crippen molar-refractivity contribution in [2.45, 2.75) is 39.2 Å². The second-order valence-corrected chi connectivity index (χ2v) is 9.77. The molecule has 1 aliphatic heterocycles. The Morgan fingerprint density at radius 3 is 2.56 bits per heavy atom. The molecule has 0 spiro atoms. The SMILES string of the molecule is COc1ccc(C(=O)N[C@@H](C)C2CCN(c3ccnc(C)c3)CC2)cc1OCCc1ccc(Cl)cc1. The molecule has 1 amide bonds. The van der Waals surface area contributed by atoms with E-state index in [1.165, 1.54) is 5.69 Å². The fourth-order valence-electron chi connectivity index (χ4n) is 4.65. The molecule has 1 atom stereocenters. The van der Waals surface area contributed by atoms with Gasteiger partial charge in [0.05, 0.1) is 13.7 Å². The van der Waals surface area contributed by atoms with Crippen molar-refractivity contribution in [3.8, 4) is 11.5 Å². The molecule has 0 aliphatic carbocycles. The Bertz CT molecular complexity index is 1160. The number of methoxy groups -OCH3 is 1. The third-order valence-corrected chi connectivity index (χ3v) is 7.09. The predicted molar refractivity (Wildman–Crippen MR) is 144 cm³/mol. The van der Waals surface area contributed by atoms with Crippen LogP contribution in [0.25, 0.3) is 0 Å². The van der Waals surface area contributed by atoms with Crippen LogP contribution in [-0.4, -0.2) is 43.7 Å². The second kappa shape index (κ2) is 12.1. The maximum atomic E-state index is 13.1. The Hall–Kier alpha value is -3.25. The van der Waals surface area contributed by atoms with Crippen LogP contribution >= 0.6 is 11.6 Å². The van der Waals surface area contributed by atoms with Gasteiger partial charge in [0.2, 0.25) is 0 Å². The highest BCUT2D eigenvalue weighted by Gasteiger charge is 2.26. The van der Waals surface area contributed by atoms with E-state index >= 15 is 0 Å². The Balaban J connectivity index is 1.31. The van der Waals surface area contributed by atoms with Gasteiger partial charge in [-0.2, -0.15) is 0 Å². The molecule has 6 nitrogen and oxygen atoms in total. The van der Waals surface area contributed by atoms with Crippen LogP contribution in [0.5, 0.6) is 11.5 Å². The number of aromatic nitrogens is 1. The molecule has 1 fully saturated rings. The lowest BCUT2D eigenvalue weighted by Gasteiger charge is -2.36. The van der Waals surface area contributed by atoms with Crippen LogP contribution in [0.1, 0.15) is 41.4 Å². The van der Waals surface area contributed by atoms with E-state index in [0.29, 0.717) is 34.6 Å². The summed E-state index contributed by atoms with van der Waals surface area (Å²) in [6.07, 6.45) is 4.66. The molecule has 0 radical (unpaired) electrons. The van der Waals surface area contributed by atoms with Gasteiger partial charge in [0.1, 0.15) is 0 Å². The van der Waals surface area contributed by atoms with Crippen molar-refractivity contribution in [3.05, 3.63) is 82.6 Å². The van der Waals surface area contributed by atoms with E-state index in [4.69, 9.17) is 21.1 Å². The molecule has 1 aromatic heterocycles. The number of hydrogen-bond acceptors (Lipinski definition) is 5. The smallest absolute Gasteiger partial charge is 0.251 e. The van der Waals surface area contributed by atoms with Crippen LogP contribution < -0.4 is 19.7 Å². The molecule has 2 heterocycles. The van der Waals surface area contributed by atoms with Crippen molar-refractivity contribution in [1.29, 1.82) is 0 Å². The van der Waals surface area contributed by atoms with Crippen molar-refractivity contribution in [2.75, 3.05) is 31.7 Å². The molecule has 3 aromatic rings. The Morgan fingerprint density at radius 1 is 1.11 bits per heavy atom. The number of hydrogen-bond donors (Lipinski definition) is 1. The van der Waals surface area contributed by atoms with Gasteiger partial charge in [0.15, 0.2) is 11.5 Å². The number of carbonyl (C=O) groups is 1. The van der Waals surface area contributed by atoms with Crippen molar-refractivity contribution in [3.63, 3.8) is 0 Å². The number of benzene rings is 2. The van der Waals surface area contributed by atoms with Crippen molar-refractivity contribution < 1.29 is 14.3 Å². The second-order valence-electron chi connectivity index (χ2n) is 9.33. The Morgan fingerprint density at radius 2 is 1.86 bits per heavy atom. The summed E-state index contributed by atoms with van der Waals surface area (Å²) in [5.74, 6) is 1.50. The Labute approximate surface area is 218 Å². The Kier molecular flexibility index (Phi) is 8.70. The number of amides is 1. The minimum atomic E-state index is -0.0973. The molecule has 0 bridgehead atoms. The highest BCUT2D eigenvalue weighted by molar-refractivity contribution is 6.30. The average Bonchev–Trinajstić information content (AvgIpc) is 2.90. The molecule has 1 aliphatic rings. The molecule has 7 heteroatoms. The van der Waals surface area contributed by atoms with Gasteiger partial charge in [-0.3, -0.25) is 9.78 Å². The number of carbonyl (C=O) groups excluding carboxylic acids is 1. The normalized spacial score (nSPS) is 14.8. The van der Waals surface area contributed by atoms with Crippen LogP contribution in [0.3, 0.4) is 0 Å². The lowest BCUT2D eigenvalue weighted by molar-refractivity contribution is 0.0921. The zero-order chi connectivity index (χ0) is 25.5. The number of ether oxygens (including phenoxy) is 2. The molecular weight excluding hydrogens is 474 g/mol. The number of anilines is 1. The zero-order valence-corrected chi connectivity index (χ0v) is 21.9. The summed E-state index contributed by atoms with van der Waals surface area (Å²) in [5.41, 5.74) is 3.95. The van der Waals surface area contributed by atoms with Crippen LogP contribution in [0.2, 0.25) is 5.02 Å². The summed E-state index contributed by atoms with van der Waals surface area (Å²) in [5, 5.41) is 3.92. The van der Waals surface area contributed by atoms with Gasteiger partial charge >= 0.3 is 0 Å². The van der Waals surface area contributed by atoms with Crippen molar-refractivity contribution in [2.24, 2.45) is 5.92 Å². The first-order valence-electron chi connectivity index (χ1n) is 12.5. The molecule has 4 rings (SSSR count). The number of nitrogens with zero attached hydrogens (tertiary/aromatic N) is 2. The van der Waals surface area contributed by atoms with E-state index < -0.39 is 0 Å². The van der Waals surface area contributed by atoms with Gasteiger partial charge in [-0.05, 0) is 80.6 Å². The lowest BCUT2D eigenvalue weighted by Crippen LogP contribution is -2.44. The number of nitrogens with one attached hydrogen (secondary N) is 1. The van der Waals surface area contributed by atoms with Gasteiger partial charge in [0.25, 0.3) is 5.91 Å². The van der Waals surface area contributed by atoms with E-state index in [9.17, 15) is 4.79 Å². The third-order valence-electron chi connectivity index (χ3n) is 6.84. The van der Waals surface area contributed by atoms with Gasteiger partial charge in [0, 0.05) is 53.7 Å². The maximum Gasteiger partial charge on any atom is 0.251 e. The monoisotopic (exact) mass is 507 g/mol. The summed E-state index contributed by atoms with van der Waals surface area (Å²) in [4.78, 5) is 19.8. The number of rotatable bonds is 9. The van der Waals surface area contributed by atoms with Gasteiger partial charge in [-0.25, -0.2) is 0 Å². The van der Waals surface area contributed by atoms with Crippen LogP contribution in [-0.2, 0) is 6.42 Å². The third kappa shape index (κ3) is 6.70. The van der Waals surface area contributed by atoms with Crippen LogP contribution in [0.15, 0.2) is 60.8 Å². The largest absolute Gasteiger partial charge is 0.493 e. The topological polar surface area (TPSA) is 63.7 Å². The molecular formula is C29H34ClN3O3. The van der Waals surface area contributed by atoms with Crippen LogP contribution in [0.4, 0.5) is 5.69 Å². The quantitative estimate of drug-likeness (QED) is 0.402. The van der Waals surface area contributed by atoms with Gasteiger partial charge in [-0.1, -0.05) is 23.7 Å². The van der Waals surface area contributed by atoms with Crippen molar-refractivity contribution >= 4 is 23.2 Å². The fraction of sp³-hybridized carbons (Fsp3) is 0.379. The van der Waals surface area contributed by atoms with E-state index in [2.05, 4.69) is 34.3 Å². The molecule has 0 saturated carbocycles. The molecule has 2 aromatic carbocycles. The molecule has 0 unspecified atom stereocenters.